The predicted octanol–water partition coefficient (Wildman–Crippen LogP) is 5.00. The zero-order valence-corrected chi connectivity index (χ0v) is 21.8. The SMILES string of the molecule is C[C@@H](C1CCC(NC(=O)Nc2ccc(F)cc2F)CC1)[C@@H](C(=O)N1CC[C@H](F)C1)N(C(=O)O)C(C)(C)C. The lowest BCUT2D eigenvalue weighted by Gasteiger charge is -2.45. The molecule has 2 aliphatic rings. The Morgan fingerprint density at radius 2 is 1.76 bits per heavy atom. The second kappa shape index (κ2) is 11.6. The average molecular weight is 527 g/mol. The molecular weight excluding hydrogens is 489 g/mol. The summed E-state index contributed by atoms with van der Waals surface area (Å²) in [4.78, 5) is 40.8. The highest BCUT2D eigenvalue weighted by molar-refractivity contribution is 5.89. The molecule has 0 spiro atoms. The molecule has 4 amide bonds. The van der Waals surface area contributed by atoms with E-state index in [1.807, 2.05) is 6.92 Å². The van der Waals surface area contributed by atoms with Crippen molar-refractivity contribution in [2.24, 2.45) is 11.8 Å². The standard InChI is InChI=1S/C26H37F3N4O4/c1-15(22(33(25(36)37)26(2,3)4)23(34)32-12-11-18(28)14-32)16-5-8-19(9-6-16)30-24(35)31-21-10-7-17(27)13-20(21)29/h7,10,13,15-16,18-19,22H,5-6,8-9,11-12,14H2,1-4H3,(H,36,37)(H2,30,31,35)/t15-,16?,18-,19?,22-/m0/s1. The third-order valence-electron chi connectivity index (χ3n) is 7.43. The van der Waals surface area contributed by atoms with Crippen LogP contribution in [0.4, 0.5) is 28.4 Å². The first-order valence-corrected chi connectivity index (χ1v) is 12.8. The highest BCUT2D eigenvalue weighted by Gasteiger charge is 2.46. The van der Waals surface area contributed by atoms with Crippen molar-refractivity contribution in [2.75, 3.05) is 18.4 Å². The highest BCUT2D eigenvalue weighted by atomic mass is 19.1. The van der Waals surface area contributed by atoms with E-state index < -0.39 is 41.5 Å². The Kier molecular flexibility index (Phi) is 8.96. The van der Waals surface area contributed by atoms with Crippen molar-refractivity contribution >= 4 is 23.7 Å². The van der Waals surface area contributed by atoms with E-state index in [1.54, 1.807) is 20.8 Å². The van der Waals surface area contributed by atoms with Gasteiger partial charge in [-0.1, -0.05) is 6.92 Å². The number of carboxylic acid groups (broad SMARTS) is 1. The van der Waals surface area contributed by atoms with Crippen LogP contribution >= 0.6 is 0 Å². The zero-order chi connectivity index (χ0) is 27.5. The lowest BCUT2D eigenvalue weighted by molar-refractivity contribution is -0.140. The number of alkyl halides is 1. The van der Waals surface area contributed by atoms with Gasteiger partial charge in [0.25, 0.3) is 0 Å². The number of benzene rings is 1. The summed E-state index contributed by atoms with van der Waals surface area (Å²) in [7, 11) is 0. The van der Waals surface area contributed by atoms with Gasteiger partial charge < -0.3 is 20.6 Å². The van der Waals surface area contributed by atoms with E-state index in [0.29, 0.717) is 31.7 Å². The van der Waals surface area contributed by atoms with Gasteiger partial charge in [0.15, 0.2) is 0 Å². The Labute approximate surface area is 215 Å². The molecular formula is C26H37F3N4O4. The number of hydrogen-bond donors (Lipinski definition) is 3. The number of carbonyl (C=O) groups excluding carboxylic acids is 2. The van der Waals surface area contributed by atoms with Gasteiger partial charge in [-0.25, -0.2) is 22.8 Å². The van der Waals surface area contributed by atoms with Gasteiger partial charge >= 0.3 is 12.1 Å². The number of halogens is 3. The molecule has 3 rings (SSSR count). The summed E-state index contributed by atoms with van der Waals surface area (Å²) in [5.74, 6) is -2.30. The van der Waals surface area contributed by atoms with Crippen molar-refractivity contribution in [1.82, 2.24) is 15.1 Å². The molecule has 0 radical (unpaired) electrons. The van der Waals surface area contributed by atoms with Gasteiger partial charge in [-0.15, -0.1) is 0 Å². The van der Waals surface area contributed by atoms with Crippen LogP contribution in [0.15, 0.2) is 18.2 Å². The van der Waals surface area contributed by atoms with Gasteiger partial charge in [-0.3, -0.25) is 9.69 Å². The second-order valence-corrected chi connectivity index (χ2v) is 11.1. The molecule has 0 aromatic heterocycles. The van der Waals surface area contributed by atoms with Gasteiger partial charge in [0.05, 0.1) is 12.2 Å². The van der Waals surface area contributed by atoms with Gasteiger partial charge in [0.1, 0.15) is 23.8 Å². The number of urea groups is 1. The van der Waals surface area contributed by atoms with Crippen LogP contribution in [0.25, 0.3) is 0 Å². The van der Waals surface area contributed by atoms with Crippen LogP contribution in [-0.2, 0) is 4.79 Å². The molecule has 3 atom stereocenters. The predicted molar refractivity (Wildman–Crippen MR) is 133 cm³/mol. The molecule has 3 N–H and O–H groups in total. The van der Waals surface area contributed by atoms with E-state index in [1.165, 1.54) is 9.80 Å². The number of hydrogen-bond acceptors (Lipinski definition) is 3. The Morgan fingerprint density at radius 1 is 1.11 bits per heavy atom. The fraction of sp³-hybridized carbons (Fsp3) is 0.654. The molecule has 206 valence electrons. The molecule has 1 saturated heterocycles. The van der Waals surface area contributed by atoms with Crippen LogP contribution in [0.3, 0.4) is 0 Å². The first-order valence-electron chi connectivity index (χ1n) is 12.8. The van der Waals surface area contributed by atoms with Gasteiger partial charge in [0, 0.05) is 24.2 Å². The van der Waals surface area contributed by atoms with Gasteiger partial charge in [0.2, 0.25) is 5.91 Å². The van der Waals surface area contributed by atoms with Crippen molar-refractivity contribution in [3.8, 4) is 0 Å². The molecule has 37 heavy (non-hydrogen) atoms. The summed E-state index contributed by atoms with van der Waals surface area (Å²) in [6.45, 7) is 7.31. The largest absolute Gasteiger partial charge is 0.465 e. The van der Waals surface area contributed by atoms with E-state index in [9.17, 15) is 32.7 Å². The van der Waals surface area contributed by atoms with Crippen molar-refractivity contribution in [1.29, 1.82) is 0 Å². The molecule has 11 heteroatoms. The van der Waals surface area contributed by atoms with Crippen molar-refractivity contribution in [3.63, 3.8) is 0 Å². The molecule has 8 nitrogen and oxygen atoms in total. The Morgan fingerprint density at radius 3 is 2.27 bits per heavy atom. The number of carbonyl (C=O) groups is 3. The van der Waals surface area contributed by atoms with E-state index in [0.717, 1.165) is 12.1 Å². The first kappa shape index (κ1) is 28.6. The summed E-state index contributed by atoms with van der Waals surface area (Å²) in [6.07, 6.45) is 0.407. The maximum absolute atomic E-state index is 13.9. The van der Waals surface area contributed by atoms with Crippen LogP contribution in [0, 0.1) is 23.5 Å². The first-order chi connectivity index (χ1) is 17.3. The maximum atomic E-state index is 13.9. The normalized spacial score (nSPS) is 23.8. The van der Waals surface area contributed by atoms with Crippen molar-refractivity contribution in [3.05, 3.63) is 29.8 Å². The third-order valence-corrected chi connectivity index (χ3v) is 7.43. The van der Waals surface area contributed by atoms with E-state index >= 15 is 0 Å². The third kappa shape index (κ3) is 7.07. The number of amides is 4. The fourth-order valence-electron chi connectivity index (χ4n) is 5.48. The zero-order valence-electron chi connectivity index (χ0n) is 21.8. The smallest absolute Gasteiger partial charge is 0.408 e. The van der Waals surface area contributed by atoms with Crippen LogP contribution in [0.5, 0.6) is 0 Å². The molecule has 1 aliphatic heterocycles. The summed E-state index contributed by atoms with van der Waals surface area (Å²) in [6, 6.07) is 1.14. The van der Waals surface area contributed by atoms with E-state index in [2.05, 4.69) is 10.6 Å². The molecule has 1 aromatic carbocycles. The molecule has 1 aromatic rings. The molecule has 1 saturated carbocycles. The van der Waals surface area contributed by atoms with Crippen molar-refractivity contribution < 1.29 is 32.7 Å². The van der Waals surface area contributed by atoms with Crippen LogP contribution < -0.4 is 10.6 Å². The topological polar surface area (TPSA) is 102 Å². The summed E-state index contributed by atoms with van der Waals surface area (Å²) >= 11 is 0. The summed E-state index contributed by atoms with van der Waals surface area (Å²) < 4.78 is 40.8. The molecule has 1 aliphatic carbocycles. The van der Waals surface area contributed by atoms with Crippen LogP contribution in [0.2, 0.25) is 0 Å². The summed E-state index contributed by atoms with van der Waals surface area (Å²) in [5.41, 5.74) is -0.974. The summed E-state index contributed by atoms with van der Waals surface area (Å²) in [5, 5.41) is 15.2. The average Bonchev–Trinajstić information content (AvgIpc) is 3.24. The Balaban J connectivity index is 1.66. The number of anilines is 1. The second-order valence-electron chi connectivity index (χ2n) is 11.1. The van der Waals surface area contributed by atoms with E-state index in [4.69, 9.17) is 0 Å². The number of likely N-dealkylation sites (tertiary alicyclic amines) is 1. The minimum absolute atomic E-state index is 0.0116. The maximum Gasteiger partial charge on any atom is 0.408 e. The minimum Gasteiger partial charge on any atom is -0.465 e. The van der Waals surface area contributed by atoms with Gasteiger partial charge in [-0.2, -0.15) is 0 Å². The number of nitrogens with zero attached hydrogens (tertiary/aromatic N) is 2. The number of rotatable bonds is 6. The fourth-order valence-corrected chi connectivity index (χ4v) is 5.48. The lowest BCUT2D eigenvalue weighted by atomic mass is 9.75. The van der Waals surface area contributed by atoms with Crippen LogP contribution in [0.1, 0.15) is 59.8 Å². The molecule has 0 bridgehead atoms. The number of nitrogens with one attached hydrogen (secondary N) is 2. The van der Waals surface area contributed by atoms with Crippen LogP contribution in [-0.4, -0.2) is 69.8 Å². The monoisotopic (exact) mass is 526 g/mol. The minimum atomic E-state index is -1.20. The lowest BCUT2D eigenvalue weighted by Crippen LogP contribution is -2.60. The van der Waals surface area contributed by atoms with Gasteiger partial charge in [-0.05, 0) is 76.8 Å². The van der Waals surface area contributed by atoms with E-state index in [-0.39, 0.29) is 49.0 Å². The Bertz CT molecular complexity index is 995. The quantitative estimate of drug-likeness (QED) is 0.486. The molecule has 1 heterocycles. The van der Waals surface area contributed by atoms with Crippen molar-refractivity contribution in [2.45, 2.75) is 83.6 Å². The molecule has 0 unspecified atom stereocenters. The Hall–Kier alpha value is -2.98. The highest BCUT2D eigenvalue weighted by Crippen LogP contribution is 2.36. The molecule has 2 fully saturated rings.